The SMILES string of the molecule is COc1cc(N2CCC(N(C)c3nccc(C)n3)C2)ncn1. The number of likely N-dealkylation sites (N-methyl/N-ethyl adjacent to an activating group) is 1. The van der Waals surface area contributed by atoms with E-state index in [1.807, 2.05) is 26.1 Å². The minimum absolute atomic E-state index is 0.364. The number of anilines is 2. The van der Waals surface area contributed by atoms with Crippen LogP contribution in [0.5, 0.6) is 5.88 Å². The van der Waals surface area contributed by atoms with Crippen LogP contribution in [0.25, 0.3) is 0 Å². The van der Waals surface area contributed by atoms with Gasteiger partial charge in [0.25, 0.3) is 0 Å². The molecule has 1 aliphatic rings. The molecule has 7 heteroatoms. The van der Waals surface area contributed by atoms with E-state index in [0.717, 1.165) is 37.0 Å². The average Bonchev–Trinajstić information content (AvgIpc) is 3.04. The maximum Gasteiger partial charge on any atom is 0.225 e. The fourth-order valence-corrected chi connectivity index (χ4v) is 2.65. The van der Waals surface area contributed by atoms with Crippen LogP contribution in [0.3, 0.4) is 0 Å². The van der Waals surface area contributed by atoms with Crippen LogP contribution in [-0.4, -0.2) is 53.2 Å². The van der Waals surface area contributed by atoms with E-state index in [0.29, 0.717) is 11.9 Å². The number of rotatable bonds is 4. The number of nitrogens with zero attached hydrogens (tertiary/aromatic N) is 6. The molecule has 1 atom stereocenters. The second-order valence-corrected chi connectivity index (χ2v) is 5.42. The molecular weight excluding hydrogens is 280 g/mol. The van der Waals surface area contributed by atoms with Crippen LogP contribution >= 0.6 is 0 Å². The molecular formula is C15H20N6O. The van der Waals surface area contributed by atoms with E-state index >= 15 is 0 Å². The van der Waals surface area contributed by atoms with Gasteiger partial charge in [-0.25, -0.2) is 19.9 Å². The largest absolute Gasteiger partial charge is 0.481 e. The van der Waals surface area contributed by atoms with Gasteiger partial charge in [-0.05, 0) is 19.4 Å². The molecule has 2 aromatic rings. The zero-order chi connectivity index (χ0) is 15.5. The molecule has 7 nitrogen and oxygen atoms in total. The summed E-state index contributed by atoms with van der Waals surface area (Å²) in [6.45, 7) is 3.81. The number of aryl methyl sites for hydroxylation is 1. The molecule has 3 rings (SSSR count). The van der Waals surface area contributed by atoms with Gasteiger partial charge in [-0.15, -0.1) is 0 Å². The number of hydrogen-bond donors (Lipinski definition) is 0. The molecule has 0 aliphatic carbocycles. The molecule has 0 aromatic carbocycles. The highest BCUT2D eigenvalue weighted by molar-refractivity contribution is 5.44. The van der Waals surface area contributed by atoms with E-state index in [1.165, 1.54) is 6.33 Å². The first-order valence-corrected chi connectivity index (χ1v) is 7.31. The van der Waals surface area contributed by atoms with Gasteiger partial charge in [0.05, 0.1) is 13.2 Å². The molecule has 0 bridgehead atoms. The topological polar surface area (TPSA) is 67.3 Å². The number of hydrogen-bond acceptors (Lipinski definition) is 7. The van der Waals surface area contributed by atoms with Gasteiger partial charge in [0.2, 0.25) is 11.8 Å². The summed E-state index contributed by atoms with van der Waals surface area (Å²) in [4.78, 5) is 21.6. The maximum absolute atomic E-state index is 5.16. The second kappa shape index (κ2) is 6.13. The van der Waals surface area contributed by atoms with Crippen molar-refractivity contribution in [1.82, 2.24) is 19.9 Å². The maximum atomic E-state index is 5.16. The van der Waals surface area contributed by atoms with Crippen LogP contribution in [0.15, 0.2) is 24.7 Å². The Bertz CT molecular complexity index is 649. The zero-order valence-corrected chi connectivity index (χ0v) is 13.1. The predicted molar refractivity (Wildman–Crippen MR) is 84.4 cm³/mol. The third kappa shape index (κ3) is 2.93. The molecule has 1 saturated heterocycles. The highest BCUT2D eigenvalue weighted by atomic mass is 16.5. The van der Waals surface area contributed by atoms with Crippen molar-refractivity contribution in [3.05, 3.63) is 30.4 Å². The van der Waals surface area contributed by atoms with Gasteiger partial charge in [0, 0.05) is 38.1 Å². The molecule has 1 aliphatic heterocycles. The Labute approximate surface area is 130 Å². The second-order valence-electron chi connectivity index (χ2n) is 5.42. The van der Waals surface area contributed by atoms with Crippen LogP contribution in [0.4, 0.5) is 11.8 Å². The van der Waals surface area contributed by atoms with Crippen molar-refractivity contribution in [3.8, 4) is 5.88 Å². The summed E-state index contributed by atoms with van der Waals surface area (Å²) in [6, 6.07) is 4.14. The highest BCUT2D eigenvalue weighted by Gasteiger charge is 2.28. The molecule has 2 aromatic heterocycles. The number of ether oxygens (including phenoxy) is 1. The molecule has 1 unspecified atom stereocenters. The lowest BCUT2D eigenvalue weighted by molar-refractivity contribution is 0.397. The van der Waals surface area contributed by atoms with Crippen molar-refractivity contribution in [1.29, 1.82) is 0 Å². The summed E-state index contributed by atoms with van der Waals surface area (Å²) in [5, 5.41) is 0. The first-order valence-electron chi connectivity index (χ1n) is 7.31. The Kier molecular flexibility index (Phi) is 4.04. The summed E-state index contributed by atoms with van der Waals surface area (Å²) in [6.07, 6.45) is 4.38. The Morgan fingerprint density at radius 3 is 2.95 bits per heavy atom. The predicted octanol–water partition coefficient (Wildman–Crippen LogP) is 1.30. The van der Waals surface area contributed by atoms with Crippen LogP contribution in [-0.2, 0) is 0 Å². The quantitative estimate of drug-likeness (QED) is 0.843. The Balaban J connectivity index is 1.71. The molecule has 0 spiro atoms. The first-order chi connectivity index (χ1) is 10.7. The highest BCUT2D eigenvalue weighted by Crippen LogP contribution is 2.24. The smallest absolute Gasteiger partial charge is 0.225 e. The normalized spacial score (nSPS) is 17.6. The molecule has 0 saturated carbocycles. The fourth-order valence-electron chi connectivity index (χ4n) is 2.65. The molecule has 3 heterocycles. The third-order valence-electron chi connectivity index (χ3n) is 3.97. The lowest BCUT2D eigenvalue weighted by Crippen LogP contribution is -2.35. The van der Waals surface area contributed by atoms with E-state index in [-0.39, 0.29) is 0 Å². The van der Waals surface area contributed by atoms with Crippen molar-refractivity contribution in [2.45, 2.75) is 19.4 Å². The standard InChI is InChI=1S/C15H20N6O/c1-11-4-6-16-15(19-11)20(2)12-5-7-21(9-12)13-8-14(22-3)18-10-17-13/h4,6,8,10,12H,5,7,9H2,1-3H3. The van der Waals surface area contributed by atoms with Gasteiger partial charge in [-0.3, -0.25) is 0 Å². The molecule has 1 fully saturated rings. The van der Waals surface area contributed by atoms with Crippen LogP contribution in [0, 0.1) is 6.92 Å². The van der Waals surface area contributed by atoms with Gasteiger partial charge in [-0.1, -0.05) is 0 Å². The average molecular weight is 300 g/mol. The van der Waals surface area contributed by atoms with Gasteiger partial charge in [-0.2, -0.15) is 0 Å². The van der Waals surface area contributed by atoms with Gasteiger partial charge < -0.3 is 14.5 Å². The molecule has 0 radical (unpaired) electrons. The first kappa shape index (κ1) is 14.5. The molecule has 22 heavy (non-hydrogen) atoms. The fraction of sp³-hybridized carbons (Fsp3) is 0.467. The van der Waals surface area contributed by atoms with Crippen molar-refractivity contribution in [2.24, 2.45) is 0 Å². The van der Waals surface area contributed by atoms with Crippen molar-refractivity contribution < 1.29 is 4.74 Å². The summed E-state index contributed by atoms with van der Waals surface area (Å²) in [7, 11) is 3.66. The van der Waals surface area contributed by atoms with E-state index in [1.54, 1.807) is 13.3 Å². The van der Waals surface area contributed by atoms with E-state index < -0.39 is 0 Å². The van der Waals surface area contributed by atoms with E-state index in [2.05, 4.69) is 29.7 Å². The lowest BCUT2D eigenvalue weighted by atomic mass is 10.2. The van der Waals surface area contributed by atoms with Crippen molar-refractivity contribution >= 4 is 11.8 Å². The molecule has 0 amide bonds. The van der Waals surface area contributed by atoms with Gasteiger partial charge in [0.15, 0.2) is 0 Å². The zero-order valence-electron chi connectivity index (χ0n) is 13.1. The lowest BCUT2D eigenvalue weighted by Gasteiger charge is -2.25. The Hall–Kier alpha value is -2.44. The molecule has 116 valence electrons. The van der Waals surface area contributed by atoms with Gasteiger partial charge in [0.1, 0.15) is 12.1 Å². The minimum atomic E-state index is 0.364. The monoisotopic (exact) mass is 300 g/mol. The number of methoxy groups -OCH3 is 1. The summed E-state index contributed by atoms with van der Waals surface area (Å²) in [5.74, 6) is 2.25. The van der Waals surface area contributed by atoms with E-state index in [9.17, 15) is 0 Å². The van der Waals surface area contributed by atoms with Gasteiger partial charge >= 0.3 is 0 Å². The van der Waals surface area contributed by atoms with Crippen LogP contribution < -0.4 is 14.5 Å². The minimum Gasteiger partial charge on any atom is -0.481 e. The Morgan fingerprint density at radius 1 is 1.32 bits per heavy atom. The van der Waals surface area contributed by atoms with Crippen molar-refractivity contribution in [3.63, 3.8) is 0 Å². The Morgan fingerprint density at radius 2 is 2.18 bits per heavy atom. The van der Waals surface area contributed by atoms with Crippen LogP contribution in [0.2, 0.25) is 0 Å². The number of aromatic nitrogens is 4. The summed E-state index contributed by atoms with van der Waals surface area (Å²) < 4.78 is 5.16. The summed E-state index contributed by atoms with van der Waals surface area (Å²) in [5.41, 5.74) is 0.979. The summed E-state index contributed by atoms with van der Waals surface area (Å²) >= 11 is 0. The third-order valence-corrected chi connectivity index (χ3v) is 3.97. The van der Waals surface area contributed by atoms with E-state index in [4.69, 9.17) is 4.74 Å². The molecule has 0 N–H and O–H groups in total. The van der Waals surface area contributed by atoms with Crippen molar-refractivity contribution in [2.75, 3.05) is 37.0 Å². The van der Waals surface area contributed by atoms with Crippen LogP contribution in [0.1, 0.15) is 12.1 Å².